The first-order chi connectivity index (χ1) is 7.08. The Morgan fingerprint density at radius 3 is 2.53 bits per heavy atom. The van der Waals surface area contributed by atoms with Crippen molar-refractivity contribution in [2.45, 2.75) is 18.8 Å². The van der Waals surface area contributed by atoms with Crippen LogP contribution in [0.25, 0.3) is 0 Å². The molecule has 1 aromatic rings. The van der Waals surface area contributed by atoms with Crippen molar-refractivity contribution in [3.8, 4) is 6.07 Å². The SMILES string of the molecule is N#CC(O)C(O)c1cc(F)cc(CO)c1. The van der Waals surface area contributed by atoms with Crippen molar-refractivity contribution in [1.82, 2.24) is 0 Å². The topological polar surface area (TPSA) is 84.5 Å². The highest BCUT2D eigenvalue weighted by Gasteiger charge is 2.18. The van der Waals surface area contributed by atoms with Gasteiger partial charge in [0, 0.05) is 0 Å². The Morgan fingerprint density at radius 1 is 1.33 bits per heavy atom. The van der Waals surface area contributed by atoms with Crippen molar-refractivity contribution in [2.24, 2.45) is 0 Å². The normalized spacial score (nSPS) is 14.3. The van der Waals surface area contributed by atoms with E-state index >= 15 is 0 Å². The van der Waals surface area contributed by atoms with Gasteiger partial charge in [0.15, 0.2) is 6.10 Å². The molecule has 0 aliphatic carbocycles. The number of nitrogens with zero attached hydrogens (tertiary/aromatic N) is 1. The van der Waals surface area contributed by atoms with E-state index in [9.17, 15) is 9.50 Å². The van der Waals surface area contributed by atoms with Gasteiger partial charge in [-0.2, -0.15) is 5.26 Å². The van der Waals surface area contributed by atoms with E-state index in [-0.39, 0.29) is 17.7 Å². The summed E-state index contributed by atoms with van der Waals surface area (Å²) in [5, 5.41) is 35.6. The fourth-order valence-corrected chi connectivity index (χ4v) is 1.19. The van der Waals surface area contributed by atoms with Gasteiger partial charge in [-0.3, -0.25) is 0 Å². The highest BCUT2D eigenvalue weighted by Crippen LogP contribution is 2.19. The molecular weight excluding hydrogens is 201 g/mol. The molecule has 1 aromatic carbocycles. The number of hydrogen-bond donors (Lipinski definition) is 3. The van der Waals surface area contributed by atoms with Crippen LogP contribution >= 0.6 is 0 Å². The van der Waals surface area contributed by atoms with Crippen LogP contribution in [0.2, 0.25) is 0 Å². The molecule has 2 unspecified atom stereocenters. The van der Waals surface area contributed by atoms with E-state index in [1.807, 2.05) is 0 Å². The van der Waals surface area contributed by atoms with Crippen LogP contribution < -0.4 is 0 Å². The molecule has 0 saturated carbocycles. The molecule has 0 radical (unpaired) electrons. The highest BCUT2D eigenvalue weighted by molar-refractivity contribution is 5.27. The van der Waals surface area contributed by atoms with Gasteiger partial charge in [-0.05, 0) is 23.3 Å². The van der Waals surface area contributed by atoms with Crippen LogP contribution in [0.15, 0.2) is 18.2 Å². The summed E-state index contributed by atoms with van der Waals surface area (Å²) in [5.41, 5.74) is 0.335. The number of hydrogen-bond acceptors (Lipinski definition) is 4. The van der Waals surface area contributed by atoms with Crippen molar-refractivity contribution in [3.63, 3.8) is 0 Å². The average Bonchev–Trinajstić information content (AvgIpc) is 2.26. The van der Waals surface area contributed by atoms with Crippen LogP contribution in [0.1, 0.15) is 17.2 Å². The molecular formula is C10H10FNO3. The van der Waals surface area contributed by atoms with Gasteiger partial charge in [-0.15, -0.1) is 0 Å². The minimum absolute atomic E-state index is 0.0631. The average molecular weight is 211 g/mol. The molecule has 0 heterocycles. The molecule has 80 valence electrons. The van der Waals surface area contributed by atoms with Crippen LogP contribution in [0.4, 0.5) is 4.39 Å². The summed E-state index contributed by atoms with van der Waals surface area (Å²) in [6, 6.07) is 4.88. The van der Waals surface area contributed by atoms with E-state index in [1.165, 1.54) is 12.1 Å². The van der Waals surface area contributed by atoms with Crippen LogP contribution in [0, 0.1) is 17.1 Å². The third kappa shape index (κ3) is 2.73. The first-order valence-corrected chi connectivity index (χ1v) is 4.24. The number of aliphatic hydroxyl groups excluding tert-OH is 3. The summed E-state index contributed by atoms with van der Waals surface area (Å²) in [6.45, 7) is -0.375. The third-order valence-electron chi connectivity index (χ3n) is 1.94. The largest absolute Gasteiger partial charge is 0.392 e. The molecule has 0 aliphatic rings. The van der Waals surface area contributed by atoms with Crippen LogP contribution in [0.5, 0.6) is 0 Å². The van der Waals surface area contributed by atoms with E-state index in [0.717, 1.165) is 12.1 Å². The van der Waals surface area contributed by atoms with Crippen molar-refractivity contribution < 1.29 is 19.7 Å². The van der Waals surface area contributed by atoms with Crippen molar-refractivity contribution in [2.75, 3.05) is 0 Å². The first kappa shape index (κ1) is 11.6. The predicted molar refractivity (Wildman–Crippen MR) is 48.9 cm³/mol. The molecule has 0 fully saturated rings. The zero-order chi connectivity index (χ0) is 11.4. The van der Waals surface area contributed by atoms with E-state index < -0.39 is 18.0 Å². The van der Waals surface area contributed by atoms with Crippen molar-refractivity contribution in [1.29, 1.82) is 5.26 Å². The minimum Gasteiger partial charge on any atom is -0.392 e. The monoisotopic (exact) mass is 211 g/mol. The molecule has 15 heavy (non-hydrogen) atoms. The van der Waals surface area contributed by atoms with E-state index in [0.29, 0.717) is 0 Å². The Bertz CT molecular complexity index is 389. The van der Waals surface area contributed by atoms with Crippen molar-refractivity contribution in [3.05, 3.63) is 35.1 Å². The van der Waals surface area contributed by atoms with Crippen LogP contribution in [0.3, 0.4) is 0 Å². The zero-order valence-electron chi connectivity index (χ0n) is 7.76. The van der Waals surface area contributed by atoms with Gasteiger partial charge < -0.3 is 15.3 Å². The summed E-state index contributed by atoms with van der Waals surface area (Å²) < 4.78 is 13.0. The molecule has 0 bridgehead atoms. The molecule has 4 nitrogen and oxygen atoms in total. The molecule has 0 aromatic heterocycles. The van der Waals surface area contributed by atoms with E-state index in [4.69, 9.17) is 15.5 Å². The van der Waals surface area contributed by atoms with Gasteiger partial charge in [0.1, 0.15) is 11.9 Å². The second kappa shape index (κ2) is 4.84. The lowest BCUT2D eigenvalue weighted by Crippen LogP contribution is -2.16. The molecule has 0 saturated heterocycles. The van der Waals surface area contributed by atoms with E-state index in [2.05, 4.69) is 0 Å². The maximum atomic E-state index is 13.0. The van der Waals surface area contributed by atoms with Gasteiger partial charge in [-0.1, -0.05) is 6.07 Å². The summed E-state index contributed by atoms with van der Waals surface area (Å²) in [6.07, 6.45) is -3.09. The van der Waals surface area contributed by atoms with Gasteiger partial charge in [-0.25, -0.2) is 4.39 Å². The third-order valence-corrected chi connectivity index (χ3v) is 1.94. The van der Waals surface area contributed by atoms with Crippen molar-refractivity contribution >= 4 is 0 Å². The second-order valence-electron chi connectivity index (χ2n) is 3.07. The summed E-state index contributed by atoms with van der Waals surface area (Å²) in [4.78, 5) is 0. The Kier molecular flexibility index (Phi) is 3.74. The lowest BCUT2D eigenvalue weighted by Gasteiger charge is -2.12. The molecule has 0 aliphatic heterocycles. The fourth-order valence-electron chi connectivity index (χ4n) is 1.19. The number of nitriles is 1. The molecule has 0 spiro atoms. The van der Waals surface area contributed by atoms with Crippen LogP contribution in [-0.2, 0) is 6.61 Å². The Balaban J connectivity index is 3.04. The summed E-state index contributed by atoms with van der Waals surface area (Å²) in [5.74, 6) is -0.638. The van der Waals surface area contributed by atoms with Gasteiger partial charge in [0.05, 0.1) is 12.7 Å². The fraction of sp³-hybridized carbons (Fsp3) is 0.300. The predicted octanol–water partition coefficient (Wildman–Crippen LogP) is 0.236. The lowest BCUT2D eigenvalue weighted by molar-refractivity contribution is 0.0525. The Labute approximate surface area is 85.8 Å². The van der Waals surface area contributed by atoms with Gasteiger partial charge >= 0.3 is 0 Å². The van der Waals surface area contributed by atoms with Gasteiger partial charge in [0.2, 0.25) is 0 Å². The molecule has 1 rings (SSSR count). The number of halogens is 1. The minimum atomic E-state index is -1.61. The molecule has 5 heteroatoms. The maximum Gasteiger partial charge on any atom is 0.170 e. The Hall–Kier alpha value is -1.48. The standard InChI is InChI=1S/C10H10FNO3/c11-8-2-6(5-13)1-7(3-8)10(15)9(14)4-12/h1-3,9-10,13-15H,5H2. The molecule has 0 amide bonds. The number of benzene rings is 1. The highest BCUT2D eigenvalue weighted by atomic mass is 19.1. The molecule has 3 N–H and O–H groups in total. The first-order valence-electron chi connectivity index (χ1n) is 4.24. The zero-order valence-corrected chi connectivity index (χ0v) is 7.76. The summed E-state index contributed by atoms with van der Waals surface area (Å²) >= 11 is 0. The van der Waals surface area contributed by atoms with Crippen LogP contribution in [-0.4, -0.2) is 21.4 Å². The van der Waals surface area contributed by atoms with E-state index in [1.54, 1.807) is 0 Å². The lowest BCUT2D eigenvalue weighted by atomic mass is 10.0. The second-order valence-corrected chi connectivity index (χ2v) is 3.07. The number of aliphatic hydroxyl groups is 3. The van der Waals surface area contributed by atoms with Gasteiger partial charge in [0.25, 0.3) is 0 Å². The maximum absolute atomic E-state index is 13.0. The quantitative estimate of drug-likeness (QED) is 0.625. The Morgan fingerprint density at radius 2 is 2.00 bits per heavy atom. The summed E-state index contributed by atoms with van der Waals surface area (Å²) in [7, 11) is 0. The smallest absolute Gasteiger partial charge is 0.170 e. The number of rotatable bonds is 3. The molecule has 2 atom stereocenters.